The Hall–Kier alpha value is -1.01. The number of rotatable bonds is 8. The molecule has 22 heavy (non-hydrogen) atoms. The molecule has 0 saturated heterocycles. The summed E-state index contributed by atoms with van der Waals surface area (Å²) in [5.41, 5.74) is 5.60. The number of halogens is 1. The molecule has 130 valence electrons. The zero-order valence-corrected chi connectivity index (χ0v) is 14.3. The molecule has 1 unspecified atom stereocenters. The second kappa shape index (κ2) is 12.5. The number of hydrogen-bond donors (Lipinski definition) is 4. The SMILES string of the molecule is CC(N)CCNC(=O)CCCNC(=O)NC1CCCCC1.Cl. The van der Waals surface area contributed by atoms with Gasteiger partial charge in [0.2, 0.25) is 5.91 Å². The van der Waals surface area contributed by atoms with Gasteiger partial charge in [0, 0.05) is 31.6 Å². The summed E-state index contributed by atoms with van der Waals surface area (Å²) in [5.74, 6) is 0.0186. The second-order valence-electron chi connectivity index (χ2n) is 5.95. The summed E-state index contributed by atoms with van der Waals surface area (Å²) >= 11 is 0. The summed E-state index contributed by atoms with van der Waals surface area (Å²) in [6.45, 7) is 3.06. The van der Waals surface area contributed by atoms with E-state index in [9.17, 15) is 9.59 Å². The number of hydrogen-bond acceptors (Lipinski definition) is 3. The Labute approximate surface area is 139 Å². The molecular formula is C15H31ClN4O2. The molecule has 1 atom stereocenters. The van der Waals surface area contributed by atoms with E-state index in [4.69, 9.17) is 5.73 Å². The van der Waals surface area contributed by atoms with Gasteiger partial charge in [-0.15, -0.1) is 12.4 Å². The quantitative estimate of drug-likeness (QED) is 0.508. The van der Waals surface area contributed by atoms with Crippen molar-refractivity contribution in [3.8, 4) is 0 Å². The van der Waals surface area contributed by atoms with E-state index >= 15 is 0 Å². The van der Waals surface area contributed by atoms with Crippen molar-refractivity contribution in [3.63, 3.8) is 0 Å². The minimum Gasteiger partial charge on any atom is -0.356 e. The maximum absolute atomic E-state index is 11.7. The van der Waals surface area contributed by atoms with Crippen molar-refractivity contribution in [2.24, 2.45) is 5.73 Å². The van der Waals surface area contributed by atoms with Gasteiger partial charge in [0.1, 0.15) is 0 Å². The number of urea groups is 1. The Bertz CT molecular complexity index is 321. The standard InChI is InChI=1S/C15H30N4O2.ClH/c1-12(16)9-11-17-14(20)8-5-10-18-15(21)19-13-6-3-2-4-7-13;/h12-13H,2-11,16H2,1H3,(H,17,20)(H2,18,19,21);1H. The first-order valence-electron chi connectivity index (χ1n) is 8.14. The van der Waals surface area contributed by atoms with Crippen LogP contribution in [-0.2, 0) is 4.79 Å². The van der Waals surface area contributed by atoms with Crippen molar-refractivity contribution in [2.45, 2.75) is 70.4 Å². The molecular weight excluding hydrogens is 304 g/mol. The van der Waals surface area contributed by atoms with Crippen LogP contribution in [0.25, 0.3) is 0 Å². The molecule has 0 aromatic heterocycles. The Morgan fingerprint density at radius 1 is 1.14 bits per heavy atom. The van der Waals surface area contributed by atoms with Crippen LogP contribution in [0.5, 0.6) is 0 Å². The molecule has 0 aromatic rings. The highest BCUT2D eigenvalue weighted by atomic mass is 35.5. The minimum absolute atomic E-state index is 0. The molecule has 1 aliphatic rings. The minimum atomic E-state index is -0.112. The van der Waals surface area contributed by atoms with Gasteiger partial charge in [-0.3, -0.25) is 4.79 Å². The Morgan fingerprint density at radius 2 is 1.82 bits per heavy atom. The van der Waals surface area contributed by atoms with Gasteiger partial charge in [-0.25, -0.2) is 4.79 Å². The van der Waals surface area contributed by atoms with Gasteiger partial charge in [-0.1, -0.05) is 19.3 Å². The van der Waals surface area contributed by atoms with Gasteiger partial charge in [0.25, 0.3) is 0 Å². The van der Waals surface area contributed by atoms with Crippen LogP contribution in [0, 0.1) is 0 Å². The fourth-order valence-electron chi connectivity index (χ4n) is 2.46. The van der Waals surface area contributed by atoms with E-state index in [-0.39, 0.29) is 30.4 Å². The van der Waals surface area contributed by atoms with Crippen molar-refractivity contribution in [1.82, 2.24) is 16.0 Å². The maximum atomic E-state index is 11.7. The molecule has 0 spiro atoms. The summed E-state index contributed by atoms with van der Waals surface area (Å²) in [6.07, 6.45) is 7.71. The maximum Gasteiger partial charge on any atom is 0.315 e. The normalized spacial score (nSPS) is 16.3. The van der Waals surface area contributed by atoms with Crippen molar-refractivity contribution in [1.29, 1.82) is 0 Å². The molecule has 0 bridgehead atoms. The molecule has 1 aliphatic carbocycles. The number of nitrogens with one attached hydrogen (secondary N) is 3. The first kappa shape index (κ1) is 21.0. The molecule has 5 N–H and O–H groups in total. The van der Waals surface area contributed by atoms with Gasteiger partial charge in [-0.05, 0) is 32.6 Å². The van der Waals surface area contributed by atoms with Crippen LogP contribution in [0.1, 0.15) is 58.3 Å². The molecule has 0 aromatic carbocycles. The lowest BCUT2D eigenvalue weighted by Gasteiger charge is -2.22. The van der Waals surface area contributed by atoms with Crippen LogP contribution in [0.2, 0.25) is 0 Å². The van der Waals surface area contributed by atoms with Gasteiger partial charge < -0.3 is 21.7 Å². The second-order valence-corrected chi connectivity index (χ2v) is 5.95. The fraction of sp³-hybridized carbons (Fsp3) is 0.867. The Balaban J connectivity index is 0.00000441. The Kier molecular flexibility index (Phi) is 12.0. The zero-order chi connectivity index (χ0) is 15.5. The molecule has 1 rings (SSSR count). The van der Waals surface area contributed by atoms with E-state index < -0.39 is 0 Å². The predicted octanol–water partition coefficient (Wildman–Crippen LogP) is 1.67. The van der Waals surface area contributed by atoms with Crippen LogP contribution >= 0.6 is 12.4 Å². The Morgan fingerprint density at radius 3 is 2.45 bits per heavy atom. The number of nitrogens with two attached hydrogens (primary N) is 1. The fourth-order valence-corrected chi connectivity index (χ4v) is 2.46. The summed E-state index contributed by atoms with van der Waals surface area (Å²) in [4.78, 5) is 23.2. The van der Waals surface area contributed by atoms with E-state index in [1.54, 1.807) is 0 Å². The molecule has 7 heteroatoms. The first-order valence-corrected chi connectivity index (χ1v) is 8.14. The van der Waals surface area contributed by atoms with Gasteiger partial charge in [-0.2, -0.15) is 0 Å². The third-order valence-electron chi connectivity index (χ3n) is 3.73. The summed E-state index contributed by atoms with van der Waals surface area (Å²) < 4.78 is 0. The van der Waals surface area contributed by atoms with E-state index in [0.29, 0.717) is 32.0 Å². The monoisotopic (exact) mass is 334 g/mol. The number of carbonyl (C=O) groups is 2. The lowest BCUT2D eigenvalue weighted by atomic mass is 9.96. The van der Waals surface area contributed by atoms with Crippen LogP contribution in [0.4, 0.5) is 4.79 Å². The lowest BCUT2D eigenvalue weighted by molar-refractivity contribution is -0.121. The third-order valence-corrected chi connectivity index (χ3v) is 3.73. The first-order chi connectivity index (χ1) is 10.1. The number of amides is 3. The zero-order valence-electron chi connectivity index (χ0n) is 13.5. The van der Waals surface area contributed by atoms with Crippen molar-refractivity contribution >= 4 is 24.3 Å². The topological polar surface area (TPSA) is 96.2 Å². The summed E-state index contributed by atoms with van der Waals surface area (Å²) in [5, 5.41) is 8.62. The van der Waals surface area contributed by atoms with Gasteiger partial charge in [0.15, 0.2) is 0 Å². The highest BCUT2D eigenvalue weighted by molar-refractivity contribution is 5.85. The molecule has 0 heterocycles. The predicted molar refractivity (Wildman–Crippen MR) is 91.2 cm³/mol. The van der Waals surface area contributed by atoms with Gasteiger partial charge in [0.05, 0.1) is 0 Å². The summed E-state index contributed by atoms with van der Waals surface area (Å²) in [7, 11) is 0. The molecule has 0 radical (unpaired) electrons. The van der Waals surface area contributed by atoms with Crippen LogP contribution in [0.15, 0.2) is 0 Å². The molecule has 1 saturated carbocycles. The molecule has 1 fully saturated rings. The van der Waals surface area contributed by atoms with Crippen LogP contribution in [-0.4, -0.2) is 37.1 Å². The average Bonchev–Trinajstić information content (AvgIpc) is 2.44. The largest absolute Gasteiger partial charge is 0.356 e. The molecule has 6 nitrogen and oxygen atoms in total. The van der Waals surface area contributed by atoms with Crippen molar-refractivity contribution in [2.75, 3.05) is 13.1 Å². The number of carbonyl (C=O) groups excluding carboxylic acids is 2. The van der Waals surface area contributed by atoms with Crippen molar-refractivity contribution < 1.29 is 9.59 Å². The summed E-state index contributed by atoms with van der Waals surface area (Å²) in [6, 6.07) is 0.315. The van der Waals surface area contributed by atoms with E-state index in [0.717, 1.165) is 19.3 Å². The van der Waals surface area contributed by atoms with Crippen LogP contribution in [0.3, 0.4) is 0 Å². The van der Waals surface area contributed by atoms with Crippen molar-refractivity contribution in [3.05, 3.63) is 0 Å². The highest BCUT2D eigenvalue weighted by Crippen LogP contribution is 2.17. The molecule has 0 aliphatic heterocycles. The lowest BCUT2D eigenvalue weighted by Crippen LogP contribution is -2.43. The molecule has 3 amide bonds. The van der Waals surface area contributed by atoms with Gasteiger partial charge >= 0.3 is 6.03 Å². The van der Waals surface area contributed by atoms with E-state index in [1.165, 1.54) is 19.3 Å². The van der Waals surface area contributed by atoms with E-state index in [2.05, 4.69) is 16.0 Å². The average molecular weight is 335 g/mol. The smallest absolute Gasteiger partial charge is 0.315 e. The van der Waals surface area contributed by atoms with Crippen LogP contribution < -0.4 is 21.7 Å². The third kappa shape index (κ3) is 10.7. The van der Waals surface area contributed by atoms with E-state index in [1.807, 2.05) is 6.92 Å². The highest BCUT2D eigenvalue weighted by Gasteiger charge is 2.15.